The zero-order chi connectivity index (χ0) is 18.2. The molecule has 0 amide bonds. The van der Waals surface area contributed by atoms with E-state index < -0.39 is 10.0 Å². The van der Waals surface area contributed by atoms with Gasteiger partial charge in [0, 0.05) is 23.0 Å². The lowest BCUT2D eigenvalue weighted by molar-refractivity contribution is 0.403. The van der Waals surface area contributed by atoms with E-state index in [9.17, 15) is 8.42 Å². The first kappa shape index (κ1) is 17.6. The molecule has 0 spiro atoms. The molecule has 0 fully saturated rings. The van der Waals surface area contributed by atoms with Crippen LogP contribution in [0.3, 0.4) is 0 Å². The molecule has 0 unspecified atom stereocenters. The molecule has 3 aromatic rings. The molecule has 0 aliphatic heterocycles. The number of hydrogen-bond donors (Lipinski definition) is 2. The van der Waals surface area contributed by atoms with Gasteiger partial charge in [0.25, 0.3) is 10.0 Å². The van der Waals surface area contributed by atoms with Crippen molar-refractivity contribution >= 4 is 48.3 Å². The molecule has 1 aromatic heterocycles. The molecule has 2 N–H and O–H groups in total. The van der Waals surface area contributed by atoms with Crippen molar-refractivity contribution in [1.29, 1.82) is 0 Å². The first-order valence-corrected chi connectivity index (χ1v) is 9.57. The van der Waals surface area contributed by atoms with E-state index in [2.05, 4.69) is 31.1 Å². The number of ether oxygens (including phenoxy) is 1. The van der Waals surface area contributed by atoms with Crippen LogP contribution in [0.15, 0.2) is 44.2 Å². The van der Waals surface area contributed by atoms with E-state index in [0.29, 0.717) is 27.1 Å². The lowest BCUT2D eigenvalue weighted by Gasteiger charge is -2.14. The first-order chi connectivity index (χ1) is 11.9. The van der Waals surface area contributed by atoms with Gasteiger partial charge in [-0.25, -0.2) is 8.42 Å². The van der Waals surface area contributed by atoms with Crippen molar-refractivity contribution < 1.29 is 17.7 Å². The SMILES string of the molecule is CNc1cc2onc(C)c2cc1NS(=O)(=O)c1cc(Br)ccc1OC. The third-order valence-electron chi connectivity index (χ3n) is 3.72. The molecule has 0 atom stereocenters. The molecule has 3 rings (SSSR count). The van der Waals surface area contributed by atoms with Crippen LogP contribution in [0.2, 0.25) is 0 Å². The van der Waals surface area contributed by atoms with E-state index in [4.69, 9.17) is 9.26 Å². The van der Waals surface area contributed by atoms with Crippen molar-refractivity contribution in [1.82, 2.24) is 5.16 Å². The Bertz CT molecular complexity index is 1050. The summed E-state index contributed by atoms with van der Waals surface area (Å²) in [4.78, 5) is 0.0357. The average molecular weight is 426 g/mol. The standard InChI is InChI=1S/C16H16BrN3O4S/c1-9-11-7-13(12(18-2)8-15(11)24-19-9)20-25(21,22)16-6-10(17)4-5-14(16)23-3/h4-8,18,20H,1-3H3. The fourth-order valence-corrected chi connectivity index (χ4v) is 4.24. The van der Waals surface area contributed by atoms with E-state index >= 15 is 0 Å². The van der Waals surface area contributed by atoms with Crippen LogP contribution in [0.1, 0.15) is 5.69 Å². The molecule has 132 valence electrons. The average Bonchev–Trinajstić information content (AvgIpc) is 2.94. The number of aromatic nitrogens is 1. The second kappa shape index (κ2) is 6.57. The number of halogens is 1. The molecule has 0 saturated carbocycles. The third-order valence-corrected chi connectivity index (χ3v) is 5.60. The van der Waals surface area contributed by atoms with Gasteiger partial charge < -0.3 is 14.6 Å². The van der Waals surface area contributed by atoms with Gasteiger partial charge in [-0.1, -0.05) is 21.1 Å². The van der Waals surface area contributed by atoms with Crippen molar-refractivity contribution in [2.24, 2.45) is 0 Å². The van der Waals surface area contributed by atoms with Crippen molar-refractivity contribution in [3.63, 3.8) is 0 Å². The lowest BCUT2D eigenvalue weighted by atomic mass is 10.2. The zero-order valence-electron chi connectivity index (χ0n) is 13.8. The zero-order valence-corrected chi connectivity index (χ0v) is 16.2. The molecule has 0 saturated heterocycles. The van der Waals surface area contributed by atoms with Gasteiger partial charge in [-0.3, -0.25) is 4.72 Å². The molecule has 0 aliphatic carbocycles. The molecule has 1 heterocycles. The number of aryl methyl sites for hydroxylation is 1. The largest absolute Gasteiger partial charge is 0.495 e. The minimum atomic E-state index is -3.87. The highest BCUT2D eigenvalue weighted by Gasteiger charge is 2.22. The number of benzene rings is 2. The number of fused-ring (bicyclic) bond motifs is 1. The molecule has 25 heavy (non-hydrogen) atoms. The minimum Gasteiger partial charge on any atom is -0.495 e. The highest BCUT2D eigenvalue weighted by atomic mass is 79.9. The van der Waals surface area contributed by atoms with E-state index in [1.807, 2.05) is 0 Å². The summed E-state index contributed by atoms with van der Waals surface area (Å²) in [5, 5.41) is 7.59. The van der Waals surface area contributed by atoms with Crippen LogP contribution in [-0.4, -0.2) is 27.7 Å². The summed E-state index contributed by atoms with van der Waals surface area (Å²) in [5.41, 5.74) is 2.22. The molecule has 7 nitrogen and oxygen atoms in total. The Balaban J connectivity index is 2.11. The van der Waals surface area contributed by atoms with Gasteiger partial charge in [-0.15, -0.1) is 0 Å². The summed E-state index contributed by atoms with van der Waals surface area (Å²) < 4.78 is 39.4. The number of nitrogens with one attached hydrogen (secondary N) is 2. The Hall–Kier alpha value is -2.26. The molecule has 9 heteroatoms. The maximum Gasteiger partial charge on any atom is 0.265 e. The molecule has 2 aromatic carbocycles. The molecule has 0 radical (unpaired) electrons. The van der Waals surface area contributed by atoms with Crippen molar-refractivity contribution in [2.45, 2.75) is 11.8 Å². The Kier molecular flexibility index (Phi) is 4.61. The highest BCUT2D eigenvalue weighted by Crippen LogP contribution is 2.34. The predicted molar refractivity (Wildman–Crippen MR) is 99.8 cm³/mol. The Labute approximate surface area is 153 Å². The van der Waals surface area contributed by atoms with E-state index in [1.165, 1.54) is 13.2 Å². The van der Waals surface area contributed by atoms with E-state index in [-0.39, 0.29) is 10.6 Å². The number of rotatable bonds is 5. The van der Waals surface area contributed by atoms with Crippen LogP contribution in [0.4, 0.5) is 11.4 Å². The summed E-state index contributed by atoms with van der Waals surface area (Å²) in [5.74, 6) is 0.254. The molecule has 0 bridgehead atoms. The van der Waals surface area contributed by atoms with Gasteiger partial charge in [-0.2, -0.15) is 0 Å². The fraction of sp³-hybridized carbons (Fsp3) is 0.188. The van der Waals surface area contributed by atoms with Gasteiger partial charge in [-0.05, 0) is 31.2 Å². The van der Waals surface area contributed by atoms with Crippen molar-refractivity contribution in [3.8, 4) is 5.75 Å². The monoisotopic (exact) mass is 425 g/mol. The normalized spacial score (nSPS) is 11.5. The summed E-state index contributed by atoms with van der Waals surface area (Å²) >= 11 is 3.29. The number of sulfonamides is 1. The van der Waals surface area contributed by atoms with Crippen LogP contribution >= 0.6 is 15.9 Å². The van der Waals surface area contributed by atoms with Gasteiger partial charge in [0.1, 0.15) is 10.6 Å². The van der Waals surface area contributed by atoms with Crippen LogP contribution in [0, 0.1) is 6.92 Å². The maximum absolute atomic E-state index is 12.9. The molecular formula is C16H16BrN3O4S. The van der Waals surface area contributed by atoms with Crippen molar-refractivity contribution in [3.05, 3.63) is 40.5 Å². The van der Waals surface area contributed by atoms with Crippen molar-refractivity contribution in [2.75, 3.05) is 24.2 Å². The number of nitrogens with zero attached hydrogens (tertiary/aromatic N) is 1. The van der Waals surface area contributed by atoms with Crippen LogP contribution in [0.5, 0.6) is 5.75 Å². The second-order valence-corrected chi connectivity index (χ2v) is 7.88. The predicted octanol–water partition coefficient (Wildman–Crippen LogP) is 3.75. The number of methoxy groups -OCH3 is 1. The molecule has 0 aliphatic rings. The Morgan fingerprint density at radius 1 is 1.20 bits per heavy atom. The summed E-state index contributed by atoms with van der Waals surface area (Å²) in [6.07, 6.45) is 0. The smallest absolute Gasteiger partial charge is 0.265 e. The number of hydrogen-bond acceptors (Lipinski definition) is 6. The first-order valence-electron chi connectivity index (χ1n) is 7.30. The minimum absolute atomic E-state index is 0.0357. The summed E-state index contributed by atoms with van der Waals surface area (Å²) in [6, 6.07) is 8.18. The van der Waals surface area contributed by atoms with Crippen LogP contribution in [0.25, 0.3) is 11.0 Å². The van der Waals surface area contributed by atoms with Gasteiger partial charge in [0.2, 0.25) is 0 Å². The maximum atomic E-state index is 12.9. The Morgan fingerprint density at radius 2 is 1.96 bits per heavy atom. The van der Waals surface area contributed by atoms with E-state index in [1.54, 1.807) is 38.2 Å². The third kappa shape index (κ3) is 3.29. The van der Waals surface area contributed by atoms with E-state index in [0.717, 1.165) is 5.39 Å². The summed E-state index contributed by atoms with van der Waals surface area (Å²) in [7, 11) is -0.751. The summed E-state index contributed by atoms with van der Waals surface area (Å²) in [6.45, 7) is 1.79. The quantitative estimate of drug-likeness (QED) is 0.646. The topological polar surface area (TPSA) is 93.5 Å². The number of anilines is 2. The fourth-order valence-electron chi connectivity index (χ4n) is 2.46. The van der Waals surface area contributed by atoms with Crippen LogP contribution < -0.4 is 14.8 Å². The van der Waals surface area contributed by atoms with Gasteiger partial charge >= 0.3 is 0 Å². The Morgan fingerprint density at radius 3 is 2.64 bits per heavy atom. The van der Waals surface area contributed by atoms with Gasteiger partial charge in [0.05, 0.1) is 24.2 Å². The lowest BCUT2D eigenvalue weighted by Crippen LogP contribution is -2.15. The second-order valence-electron chi connectivity index (χ2n) is 5.31. The van der Waals surface area contributed by atoms with Gasteiger partial charge in [0.15, 0.2) is 5.58 Å². The van der Waals surface area contributed by atoms with Crippen LogP contribution in [-0.2, 0) is 10.0 Å². The highest BCUT2D eigenvalue weighted by molar-refractivity contribution is 9.10. The molecular weight excluding hydrogens is 410 g/mol.